The second kappa shape index (κ2) is 7.99. The first-order valence-corrected chi connectivity index (χ1v) is 7.25. The molecule has 2 N–H and O–H groups in total. The van der Waals surface area contributed by atoms with E-state index in [-0.39, 0.29) is 24.4 Å². The summed E-state index contributed by atoms with van der Waals surface area (Å²) in [5.41, 5.74) is -0.584. The topological polar surface area (TPSA) is 66.4 Å². The lowest BCUT2D eigenvalue weighted by atomic mass is 9.97. The molecular weight excluding hydrogens is 311 g/mol. The Kier molecular flexibility index (Phi) is 6.60. The summed E-state index contributed by atoms with van der Waals surface area (Å²) in [6.45, 7) is 3.71. The molecule has 128 valence electrons. The molecule has 1 aromatic carbocycles. The summed E-state index contributed by atoms with van der Waals surface area (Å²) in [6.07, 6.45) is -4.27. The third kappa shape index (κ3) is 6.71. The van der Waals surface area contributed by atoms with Crippen LogP contribution in [-0.2, 0) is 22.2 Å². The first kappa shape index (κ1) is 19.0. The molecule has 1 aromatic rings. The fourth-order valence-electron chi connectivity index (χ4n) is 2.18. The van der Waals surface area contributed by atoms with E-state index in [0.29, 0.717) is 6.42 Å². The van der Waals surface area contributed by atoms with Gasteiger partial charge in [-0.05, 0) is 24.0 Å². The van der Waals surface area contributed by atoms with Crippen molar-refractivity contribution in [2.24, 2.45) is 11.8 Å². The van der Waals surface area contributed by atoms with Crippen molar-refractivity contribution in [2.75, 3.05) is 6.54 Å². The van der Waals surface area contributed by atoms with Crippen LogP contribution in [0.2, 0.25) is 0 Å². The molecule has 23 heavy (non-hydrogen) atoms. The van der Waals surface area contributed by atoms with Gasteiger partial charge in [-0.3, -0.25) is 9.59 Å². The number of halogens is 3. The van der Waals surface area contributed by atoms with Crippen LogP contribution in [0.3, 0.4) is 0 Å². The predicted molar refractivity (Wildman–Crippen MR) is 78.7 cm³/mol. The fourth-order valence-corrected chi connectivity index (χ4v) is 2.18. The molecule has 7 heteroatoms. The average Bonchev–Trinajstić information content (AvgIpc) is 2.42. The molecule has 1 atom stereocenters. The minimum atomic E-state index is -4.46. The molecule has 0 saturated heterocycles. The highest BCUT2D eigenvalue weighted by atomic mass is 19.4. The van der Waals surface area contributed by atoms with Gasteiger partial charge in [0.15, 0.2) is 0 Å². The minimum absolute atomic E-state index is 0.0364. The van der Waals surface area contributed by atoms with Gasteiger partial charge in [-0.15, -0.1) is 0 Å². The quantitative estimate of drug-likeness (QED) is 0.807. The van der Waals surface area contributed by atoms with E-state index >= 15 is 0 Å². The number of aliphatic carboxylic acids is 1. The summed E-state index contributed by atoms with van der Waals surface area (Å²) in [4.78, 5) is 22.9. The molecule has 0 aliphatic carbocycles. The zero-order valence-electron chi connectivity index (χ0n) is 13.0. The van der Waals surface area contributed by atoms with E-state index < -0.39 is 29.5 Å². The highest BCUT2D eigenvalue weighted by Crippen LogP contribution is 2.29. The molecular formula is C16H20F3NO3. The molecule has 0 bridgehead atoms. The molecule has 0 spiro atoms. The van der Waals surface area contributed by atoms with Crippen LogP contribution in [0.5, 0.6) is 0 Å². The zero-order chi connectivity index (χ0) is 17.6. The predicted octanol–water partition coefficient (Wildman–Crippen LogP) is 3.11. The molecule has 1 unspecified atom stereocenters. The summed E-state index contributed by atoms with van der Waals surface area (Å²) in [7, 11) is 0. The lowest BCUT2D eigenvalue weighted by Crippen LogP contribution is -2.34. The second-order valence-electron chi connectivity index (χ2n) is 5.84. The first-order valence-electron chi connectivity index (χ1n) is 7.25. The Morgan fingerprint density at radius 3 is 2.43 bits per heavy atom. The number of alkyl halides is 3. The molecule has 0 aromatic heterocycles. The van der Waals surface area contributed by atoms with Crippen LogP contribution in [0.25, 0.3) is 0 Å². The van der Waals surface area contributed by atoms with Crippen molar-refractivity contribution in [2.45, 2.75) is 32.9 Å². The smallest absolute Gasteiger partial charge is 0.416 e. The van der Waals surface area contributed by atoms with Gasteiger partial charge in [0.05, 0.1) is 17.9 Å². The summed E-state index contributed by atoms with van der Waals surface area (Å²) >= 11 is 0. The number of carboxylic acid groups (broad SMARTS) is 1. The van der Waals surface area contributed by atoms with Crippen LogP contribution in [0.15, 0.2) is 24.3 Å². The van der Waals surface area contributed by atoms with E-state index in [0.717, 1.165) is 12.1 Å². The second-order valence-corrected chi connectivity index (χ2v) is 5.84. The maximum atomic E-state index is 12.6. The van der Waals surface area contributed by atoms with Gasteiger partial charge < -0.3 is 10.4 Å². The van der Waals surface area contributed by atoms with E-state index in [2.05, 4.69) is 5.32 Å². The largest absolute Gasteiger partial charge is 0.481 e. The average molecular weight is 331 g/mol. The fraction of sp³-hybridized carbons (Fsp3) is 0.500. The highest BCUT2D eigenvalue weighted by molar-refractivity contribution is 5.79. The van der Waals surface area contributed by atoms with Crippen LogP contribution in [0.1, 0.15) is 31.4 Å². The minimum Gasteiger partial charge on any atom is -0.481 e. The van der Waals surface area contributed by atoms with E-state index in [4.69, 9.17) is 5.11 Å². The van der Waals surface area contributed by atoms with E-state index in [1.54, 1.807) is 0 Å². The SMILES string of the molecule is CC(C)CC(CNC(=O)Cc1cccc(C(F)(F)F)c1)C(=O)O. The van der Waals surface area contributed by atoms with Gasteiger partial charge in [-0.2, -0.15) is 13.2 Å². The molecule has 0 fully saturated rings. The Morgan fingerprint density at radius 2 is 1.91 bits per heavy atom. The number of carboxylic acids is 1. The Balaban J connectivity index is 2.61. The monoisotopic (exact) mass is 331 g/mol. The van der Waals surface area contributed by atoms with Crippen molar-refractivity contribution in [3.8, 4) is 0 Å². The Hall–Kier alpha value is -2.05. The number of hydrogen-bond acceptors (Lipinski definition) is 2. The van der Waals surface area contributed by atoms with Gasteiger partial charge in [-0.25, -0.2) is 0 Å². The maximum Gasteiger partial charge on any atom is 0.416 e. The van der Waals surface area contributed by atoms with Crippen LogP contribution < -0.4 is 5.32 Å². The van der Waals surface area contributed by atoms with E-state index in [1.807, 2.05) is 13.8 Å². The first-order chi connectivity index (χ1) is 10.6. The van der Waals surface area contributed by atoms with Crippen LogP contribution in [0.4, 0.5) is 13.2 Å². The number of hydrogen-bond donors (Lipinski definition) is 2. The Morgan fingerprint density at radius 1 is 1.26 bits per heavy atom. The third-order valence-corrected chi connectivity index (χ3v) is 3.27. The van der Waals surface area contributed by atoms with Gasteiger partial charge in [0.2, 0.25) is 5.91 Å². The van der Waals surface area contributed by atoms with Crippen molar-refractivity contribution >= 4 is 11.9 Å². The number of carbonyl (C=O) groups is 2. The summed E-state index contributed by atoms with van der Waals surface area (Å²) < 4.78 is 37.8. The van der Waals surface area contributed by atoms with Crippen molar-refractivity contribution in [1.82, 2.24) is 5.32 Å². The van der Waals surface area contributed by atoms with Crippen molar-refractivity contribution in [3.05, 3.63) is 35.4 Å². The standard InChI is InChI=1S/C16H20F3NO3/c1-10(2)6-12(15(22)23)9-20-14(21)8-11-4-3-5-13(7-11)16(17,18)19/h3-5,7,10,12H,6,8-9H2,1-2H3,(H,20,21)(H,22,23). The Labute approximate surface area is 132 Å². The number of nitrogens with one attached hydrogen (secondary N) is 1. The number of amides is 1. The van der Waals surface area contributed by atoms with Gasteiger partial charge in [0, 0.05) is 6.54 Å². The molecule has 0 saturated carbocycles. The highest BCUT2D eigenvalue weighted by Gasteiger charge is 2.30. The van der Waals surface area contributed by atoms with E-state index in [1.165, 1.54) is 12.1 Å². The van der Waals surface area contributed by atoms with Gasteiger partial charge in [-0.1, -0.05) is 32.0 Å². The zero-order valence-corrected chi connectivity index (χ0v) is 13.0. The van der Waals surface area contributed by atoms with Gasteiger partial charge in [0.1, 0.15) is 0 Å². The van der Waals surface area contributed by atoms with Gasteiger partial charge >= 0.3 is 12.1 Å². The van der Waals surface area contributed by atoms with Crippen molar-refractivity contribution < 1.29 is 27.9 Å². The molecule has 0 radical (unpaired) electrons. The molecule has 4 nitrogen and oxygen atoms in total. The van der Waals surface area contributed by atoms with Crippen molar-refractivity contribution in [1.29, 1.82) is 0 Å². The molecule has 0 aliphatic heterocycles. The van der Waals surface area contributed by atoms with Gasteiger partial charge in [0.25, 0.3) is 0 Å². The number of rotatable bonds is 7. The van der Waals surface area contributed by atoms with E-state index in [9.17, 15) is 22.8 Å². The number of benzene rings is 1. The summed E-state index contributed by atoms with van der Waals surface area (Å²) in [5.74, 6) is -2.05. The molecule has 0 heterocycles. The summed E-state index contributed by atoms with van der Waals surface area (Å²) in [6, 6.07) is 4.52. The van der Waals surface area contributed by atoms with Crippen LogP contribution in [-0.4, -0.2) is 23.5 Å². The molecule has 1 rings (SSSR count). The molecule has 0 aliphatic rings. The van der Waals surface area contributed by atoms with Crippen LogP contribution >= 0.6 is 0 Å². The Bertz CT molecular complexity index is 556. The number of carbonyl (C=O) groups excluding carboxylic acids is 1. The lowest BCUT2D eigenvalue weighted by molar-refractivity contribution is -0.142. The maximum absolute atomic E-state index is 12.6. The lowest BCUT2D eigenvalue weighted by Gasteiger charge is -2.15. The normalized spacial score (nSPS) is 13.0. The van der Waals surface area contributed by atoms with Crippen LogP contribution in [0, 0.1) is 11.8 Å². The van der Waals surface area contributed by atoms with Crippen molar-refractivity contribution in [3.63, 3.8) is 0 Å². The molecule has 1 amide bonds. The third-order valence-electron chi connectivity index (χ3n) is 3.27. The summed E-state index contributed by atoms with van der Waals surface area (Å²) in [5, 5.41) is 11.5.